The number of hydrogen-bond donors (Lipinski definition) is 1. The molecular formula is C17H28ClN3O2. The number of carbonyl (C=O) groups excluding carboxylic acids is 1. The number of benzene rings is 1. The summed E-state index contributed by atoms with van der Waals surface area (Å²) in [6.07, 6.45) is 0.982. The van der Waals surface area contributed by atoms with Crippen LogP contribution in [-0.2, 0) is 9.53 Å². The molecule has 1 heterocycles. The normalized spacial score (nSPS) is 17.3. The topological polar surface area (TPSA) is 58.8 Å². The number of hydrogen-bond acceptors (Lipinski definition) is 4. The van der Waals surface area contributed by atoms with Gasteiger partial charge in [0.25, 0.3) is 0 Å². The van der Waals surface area contributed by atoms with Crippen LogP contribution in [0.1, 0.15) is 23.6 Å². The summed E-state index contributed by atoms with van der Waals surface area (Å²) in [5.74, 6) is 0.0254. The molecule has 1 atom stereocenters. The fourth-order valence-corrected chi connectivity index (χ4v) is 2.75. The van der Waals surface area contributed by atoms with Crippen LogP contribution in [0.25, 0.3) is 0 Å². The number of amides is 1. The van der Waals surface area contributed by atoms with Crippen LogP contribution in [0.4, 0.5) is 0 Å². The van der Waals surface area contributed by atoms with Gasteiger partial charge in [-0.3, -0.25) is 9.69 Å². The smallest absolute Gasteiger partial charge is 0.244 e. The lowest BCUT2D eigenvalue weighted by Gasteiger charge is -2.25. The van der Waals surface area contributed by atoms with Gasteiger partial charge >= 0.3 is 0 Å². The number of rotatable bonds is 5. The van der Waals surface area contributed by atoms with Gasteiger partial charge in [0.2, 0.25) is 5.91 Å². The first-order valence-corrected chi connectivity index (χ1v) is 7.94. The minimum atomic E-state index is -0.564. The molecule has 0 aliphatic carbocycles. The summed E-state index contributed by atoms with van der Waals surface area (Å²) in [7, 11) is 1.72. The van der Waals surface area contributed by atoms with Gasteiger partial charge in [0.1, 0.15) is 6.04 Å². The summed E-state index contributed by atoms with van der Waals surface area (Å²) in [4.78, 5) is 16.9. The van der Waals surface area contributed by atoms with Gasteiger partial charge in [0.05, 0.1) is 6.61 Å². The Morgan fingerprint density at radius 2 is 1.91 bits per heavy atom. The Bertz CT molecular complexity index is 481. The standard InChI is InChI=1S/C17H27N3O2.ClH/c1-14-4-6-15(7-5-14)16(18)17(21)20-9-3-8-19(10-11-20)12-13-22-2;/h4-7,16H,3,8-13,18H2,1-2H3;1H. The Morgan fingerprint density at radius 3 is 2.57 bits per heavy atom. The lowest BCUT2D eigenvalue weighted by molar-refractivity contribution is -0.132. The maximum Gasteiger partial charge on any atom is 0.244 e. The van der Waals surface area contributed by atoms with E-state index in [0.29, 0.717) is 0 Å². The fourth-order valence-electron chi connectivity index (χ4n) is 2.75. The number of methoxy groups -OCH3 is 1. The number of aryl methyl sites for hydroxylation is 1. The number of ether oxygens (including phenoxy) is 1. The molecule has 1 saturated heterocycles. The Morgan fingerprint density at radius 1 is 1.22 bits per heavy atom. The third kappa shape index (κ3) is 5.77. The molecule has 5 nitrogen and oxygen atoms in total. The summed E-state index contributed by atoms with van der Waals surface area (Å²) in [5.41, 5.74) is 8.22. The van der Waals surface area contributed by atoms with Crippen molar-refractivity contribution < 1.29 is 9.53 Å². The summed E-state index contributed by atoms with van der Waals surface area (Å²) >= 11 is 0. The molecule has 23 heavy (non-hydrogen) atoms. The zero-order valence-electron chi connectivity index (χ0n) is 14.0. The van der Waals surface area contributed by atoms with Crippen LogP contribution in [0, 0.1) is 6.92 Å². The van der Waals surface area contributed by atoms with Crippen LogP contribution in [0.15, 0.2) is 24.3 Å². The van der Waals surface area contributed by atoms with Crippen molar-refractivity contribution in [2.75, 3.05) is 46.4 Å². The second-order valence-corrected chi connectivity index (χ2v) is 5.90. The molecular weight excluding hydrogens is 314 g/mol. The minimum absolute atomic E-state index is 0. The van der Waals surface area contributed by atoms with E-state index in [9.17, 15) is 4.79 Å². The maximum absolute atomic E-state index is 12.6. The molecule has 1 aliphatic heterocycles. The van der Waals surface area contributed by atoms with E-state index in [1.54, 1.807) is 7.11 Å². The van der Waals surface area contributed by atoms with Crippen molar-refractivity contribution in [1.82, 2.24) is 9.80 Å². The molecule has 1 amide bonds. The van der Waals surface area contributed by atoms with Gasteiger partial charge in [-0.2, -0.15) is 0 Å². The Labute approximate surface area is 145 Å². The summed E-state index contributed by atoms with van der Waals surface area (Å²) in [5, 5.41) is 0. The van der Waals surface area contributed by atoms with Gasteiger partial charge in [-0.05, 0) is 25.5 Å². The first-order valence-electron chi connectivity index (χ1n) is 7.94. The van der Waals surface area contributed by atoms with Gasteiger partial charge in [0, 0.05) is 33.3 Å². The zero-order valence-corrected chi connectivity index (χ0v) is 14.8. The second kappa shape index (κ2) is 9.88. The van der Waals surface area contributed by atoms with E-state index in [4.69, 9.17) is 10.5 Å². The molecule has 0 saturated carbocycles. The molecule has 0 bridgehead atoms. The van der Waals surface area contributed by atoms with Crippen molar-refractivity contribution in [1.29, 1.82) is 0 Å². The van der Waals surface area contributed by atoms with Crippen LogP contribution < -0.4 is 5.73 Å². The summed E-state index contributed by atoms with van der Waals surface area (Å²) in [6, 6.07) is 7.32. The molecule has 130 valence electrons. The molecule has 1 aromatic rings. The molecule has 0 radical (unpaired) electrons. The average molecular weight is 342 g/mol. The van der Waals surface area contributed by atoms with Crippen LogP contribution in [0.5, 0.6) is 0 Å². The largest absolute Gasteiger partial charge is 0.383 e. The van der Waals surface area contributed by atoms with E-state index in [1.807, 2.05) is 36.1 Å². The van der Waals surface area contributed by atoms with E-state index < -0.39 is 6.04 Å². The SMILES string of the molecule is COCCN1CCCN(C(=O)C(N)c2ccc(C)cc2)CC1.Cl. The monoisotopic (exact) mass is 341 g/mol. The van der Waals surface area contributed by atoms with E-state index in [-0.39, 0.29) is 18.3 Å². The summed E-state index contributed by atoms with van der Waals surface area (Å²) < 4.78 is 5.12. The predicted molar refractivity (Wildman–Crippen MR) is 94.9 cm³/mol. The molecule has 0 aromatic heterocycles. The van der Waals surface area contributed by atoms with Gasteiger partial charge < -0.3 is 15.4 Å². The van der Waals surface area contributed by atoms with Gasteiger partial charge in [-0.1, -0.05) is 29.8 Å². The van der Waals surface area contributed by atoms with Gasteiger partial charge in [-0.25, -0.2) is 0 Å². The van der Waals surface area contributed by atoms with Gasteiger partial charge in [0.15, 0.2) is 0 Å². The highest BCUT2D eigenvalue weighted by atomic mass is 35.5. The molecule has 2 rings (SSSR count). The lowest BCUT2D eigenvalue weighted by Crippen LogP contribution is -2.41. The molecule has 1 fully saturated rings. The maximum atomic E-state index is 12.6. The molecule has 2 N–H and O–H groups in total. The first-order chi connectivity index (χ1) is 10.6. The molecule has 0 spiro atoms. The number of nitrogens with two attached hydrogens (primary N) is 1. The van der Waals surface area contributed by atoms with Crippen molar-refractivity contribution >= 4 is 18.3 Å². The van der Waals surface area contributed by atoms with E-state index in [0.717, 1.165) is 51.3 Å². The van der Waals surface area contributed by atoms with Crippen LogP contribution in [0.3, 0.4) is 0 Å². The Balaban J connectivity index is 0.00000264. The van der Waals surface area contributed by atoms with Crippen molar-refractivity contribution in [3.05, 3.63) is 35.4 Å². The van der Waals surface area contributed by atoms with Gasteiger partial charge in [-0.15, -0.1) is 12.4 Å². The highest BCUT2D eigenvalue weighted by Crippen LogP contribution is 2.15. The highest BCUT2D eigenvalue weighted by molar-refractivity contribution is 5.85. The Kier molecular flexibility index (Phi) is 8.55. The number of halogens is 1. The number of nitrogens with zero attached hydrogens (tertiary/aromatic N) is 2. The quantitative estimate of drug-likeness (QED) is 0.883. The average Bonchev–Trinajstić information content (AvgIpc) is 2.78. The summed E-state index contributed by atoms with van der Waals surface area (Å²) in [6.45, 7) is 7.09. The molecule has 1 aromatic carbocycles. The minimum Gasteiger partial charge on any atom is -0.383 e. The number of carbonyl (C=O) groups is 1. The highest BCUT2D eigenvalue weighted by Gasteiger charge is 2.24. The van der Waals surface area contributed by atoms with Crippen molar-refractivity contribution in [3.8, 4) is 0 Å². The van der Waals surface area contributed by atoms with Crippen molar-refractivity contribution in [3.63, 3.8) is 0 Å². The molecule has 6 heteroatoms. The van der Waals surface area contributed by atoms with Crippen LogP contribution in [0.2, 0.25) is 0 Å². The molecule has 1 unspecified atom stereocenters. The van der Waals surface area contributed by atoms with Crippen LogP contribution >= 0.6 is 12.4 Å². The van der Waals surface area contributed by atoms with Crippen LogP contribution in [-0.4, -0.2) is 62.1 Å². The van der Waals surface area contributed by atoms with E-state index >= 15 is 0 Å². The lowest BCUT2D eigenvalue weighted by atomic mass is 10.0. The first kappa shape index (κ1) is 19.9. The Hall–Kier alpha value is -1.14. The third-order valence-electron chi connectivity index (χ3n) is 4.21. The second-order valence-electron chi connectivity index (χ2n) is 5.90. The van der Waals surface area contributed by atoms with Crippen molar-refractivity contribution in [2.24, 2.45) is 5.73 Å². The third-order valence-corrected chi connectivity index (χ3v) is 4.21. The molecule has 1 aliphatic rings. The fraction of sp³-hybridized carbons (Fsp3) is 0.588. The predicted octanol–water partition coefficient (Wildman–Crippen LogP) is 1.60. The zero-order chi connectivity index (χ0) is 15.9. The van der Waals surface area contributed by atoms with E-state index in [1.165, 1.54) is 5.56 Å². The van der Waals surface area contributed by atoms with E-state index in [2.05, 4.69) is 4.90 Å². The van der Waals surface area contributed by atoms with Crippen molar-refractivity contribution in [2.45, 2.75) is 19.4 Å².